The monoisotopic (exact) mass is 319 g/mol. The van der Waals surface area contributed by atoms with Gasteiger partial charge in [-0.05, 0) is 37.5 Å². The molecule has 1 aliphatic rings. The molecular weight excluding hydrogens is 301 g/mol. The number of hydrogen-bond acceptors (Lipinski definition) is 4. The number of halogens is 1. The average molecular weight is 319 g/mol. The summed E-state index contributed by atoms with van der Waals surface area (Å²) in [5.74, 6) is -0.866. The summed E-state index contributed by atoms with van der Waals surface area (Å²) in [5.41, 5.74) is 0.809. The molecule has 1 saturated carbocycles. The number of carbonyl (C=O) groups excluding carboxylic acids is 1. The summed E-state index contributed by atoms with van der Waals surface area (Å²) in [5, 5.41) is 28.8. The highest BCUT2D eigenvalue weighted by Gasteiger charge is 2.31. The Hall–Kier alpha value is -2.25. The lowest BCUT2D eigenvalue weighted by Crippen LogP contribution is -2.51. The molecule has 1 aliphatic carbocycles. The molecule has 1 aromatic carbocycles. The van der Waals surface area contributed by atoms with Crippen molar-refractivity contribution in [2.24, 2.45) is 0 Å². The van der Waals surface area contributed by atoms with E-state index in [1.165, 1.54) is 12.1 Å². The van der Waals surface area contributed by atoms with Crippen LogP contribution in [0.5, 0.6) is 0 Å². The Morgan fingerprint density at radius 3 is 2.87 bits per heavy atom. The predicted octanol–water partition coefficient (Wildman–Crippen LogP) is 1.22. The average Bonchev–Trinajstić information content (AvgIpc) is 3.02. The van der Waals surface area contributed by atoms with Crippen LogP contribution in [0.15, 0.2) is 30.3 Å². The molecule has 1 amide bonds. The van der Waals surface area contributed by atoms with E-state index >= 15 is 0 Å². The number of nitrogens with zero attached hydrogens (tertiary/aromatic N) is 1. The third-order valence-corrected chi connectivity index (χ3v) is 4.11. The smallest absolute Gasteiger partial charge is 0.269 e. The van der Waals surface area contributed by atoms with E-state index in [0.717, 1.165) is 6.42 Å². The number of carbonyl (C=O) groups is 1. The SMILES string of the molecule is O=C(N[C@@H]1CCC[C@@H](O)[C@@H]1O)c1cc(-c2ccccc2F)n[nH]1. The van der Waals surface area contributed by atoms with Gasteiger partial charge >= 0.3 is 0 Å². The van der Waals surface area contributed by atoms with Crippen molar-refractivity contribution in [2.75, 3.05) is 0 Å². The molecule has 0 spiro atoms. The van der Waals surface area contributed by atoms with Crippen LogP contribution < -0.4 is 5.32 Å². The van der Waals surface area contributed by atoms with Crippen LogP contribution in [-0.4, -0.2) is 44.6 Å². The van der Waals surface area contributed by atoms with E-state index in [0.29, 0.717) is 24.1 Å². The number of aromatic nitrogens is 2. The van der Waals surface area contributed by atoms with E-state index in [1.54, 1.807) is 18.2 Å². The van der Waals surface area contributed by atoms with Gasteiger partial charge in [0.15, 0.2) is 0 Å². The third kappa shape index (κ3) is 3.25. The second-order valence-corrected chi connectivity index (χ2v) is 5.72. The number of rotatable bonds is 3. The molecule has 1 fully saturated rings. The second kappa shape index (κ2) is 6.47. The fourth-order valence-corrected chi connectivity index (χ4v) is 2.81. The molecule has 0 aliphatic heterocycles. The molecule has 6 nitrogen and oxygen atoms in total. The lowest BCUT2D eigenvalue weighted by molar-refractivity contribution is -0.0278. The maximum absolute atomic E-state index is 13.7. The van der Waals surface area contributed by atoms with Gasteiger partial charge in [-0.25, -0.2) is 4.39 Å². The molecule has 0 unspecified atom stereocenters. The van der Waals surface area contributed by atoms with Gasteiger partial charge in [-0.1, -0.05) is 12.1 Å². The van der Waals surface area contributed by atoms with Crippen LogP contribution in [0.1, 0.15) is 29.8 Å². The Labute approximate surface area is 132 Å². The van der Waals surface area contributed by atoms with Crippen molar-refractivity contribution in [3.05, 3.63) is 41.8 Å². The Balaban J connectivity index is 1.73. The van der Waals surface area contributed by atoms with Crippen LogP contribution in [0.2, 0.25) is 0 Å². The first-order chi connectivity index (χ1) is 11.1. The highest BCUT2D eigenvalue weighted by Crippen LogP contribution is 2.22. The first-order valence-corrected chi connectivity index (χ1v) is 7.53. The van der Waals surface area contributed by atoms with Crippen LogP contribution in [0, 0.1) is 5.82 Å². The summed E-state index contributed by atoms with van der Waals surface area (Å²) in [6.07, 6.45) is 0.0337. The van der Waals surface area contributed by atoms with Gasteiger partial charge in [0, 0.05) is 5.56 Å². The number of amides is 1. The van der Waals surface area contributed by atoms with Gasteiger partial charge in [0.2, 0.25) is 0 Å². The largest absolute Gasteiger partial charge is 0.390 e. The van der Waals surface area contributed by atoms with Crippen molar-refractivity contribution >= 4 is 5.91 Å². The topological polar surface area (TPSA) is 98.2 Å². The number of nitrogens with one attached hydrogen (secondary N) is 2. The molecule has 3 atom stereocenters. The van der Waals surface area contributed by atoms with Crippen molar-refractivity contribution in [1.82, 2.24) is 15.5 Å². The van der Waals surface area contributed by atoms with E-state index < -0.39 is 30.0 Å². The van der Waals surface area contributed by atoms with Gasteiger partial charge in [-0.15, -0.1) is 0 Å². The predicted molar refractivity (Wildman–Crippen MR) is 81.1 cm³/mol. The Morgan fingerprint density at radius 1 is 1.30 bits per heavy atom. The molecular formula is C16H18FN3O3. The van der Waals surface area contributed by atoms with Crippen LogP contribution in [0.3, 0.4) is 0 Å². The lowest BCUT2D eigenvalue weighted by atomic mass is 9.90. The van der Waals surface area contributed by atoms with Crippen molar-refractivity contribution in [1.29, 1.82) is 0 Å². The lowest BCUT2D eigenvalue weighted by Gasteiger charge is -2.32. The minimum Gasteiger partial charge on any atom is -0.390 e. The van der Waals surface area contributed by atoms with Gasteiger partial charge in [0.05, 0.1) is 23.9 Å². The van der Waals surface area contributed by atoms with Crippen LogP contribution in [0.4, 0.5) is 4.39 Å². The molecule has 4 N–H and O–H groups in total. The fraction of sp³-hybridized carbons (Fsp3) is 0.375. The molecule has 1 heterocycles. The summed E-state index contributed by atoms with van der Waals surface area (Å²) in [4.78, 5) is 12.2. The van der Waals surface area contributed by atoms with Crippen LogP contribution >= 0.6 is 0 Å². The summed E-state index contributed by atoms with van der Waals surface area (Å²) < 4.78 is 13.7. The Bertz CT molecular complexity index is 703. The fourth-order valence-electron chi connectivity index (χ4n) is 2.81. The maximum atomic E-state index is 13.7. The molecule has 0 saturated heterocycles. The molecule has 3 rings (SSSR count). The van der Waals surface area contributed by atoms with E-state index in [9.17, 15) is 19.4 Å². The van der Waals surface area contributed by atoms with Gasteiger partial charge in [-0.3, -0.25) is 9.89 Å². The number of aromatic amines is 1. The van der Waals surface area contributed by atoms with Crippen molar-refractivity contribution < 1.29 is 19.4 Å². The van der Waals surface area contributed by atoms with Gasteiger partial charge in [0.25, 0.3) is 5.91 Å². The summed E-state index contributed by atoms with van der Waals surface area (Å²) in [6.45, 7) is 0. The summed E-state index contributed by atoms with van der Waals surface area (Å²) in [7, 11) is 0. The van der Waals surface area contributed by atoms with Gasteiger partial charge in [0.1, 0.15) is 11.5 Å². The molecule has 0 bridgehead atoms. The van der Waals surface area contributed by atoms with Crippen molar-refractivity contribution in [2.45, 2.75) is 37.5 Å². The molecule has 7 heteroatoms. The number of hydrogen-bond donors (Lipinski definition) is 4. The maximum Gasteiger partial charge on any atom is 0.269 e. The highest BCUT2D eigenvalue weighted by atomic mass is 19.1. The van der Waals surface area contributed by atoms with E-state index in [4.69, 9.17) is 0 Å². The normalized spacial score (nSPS) is 24.4. The van der Waals surface area contributed by atoms with E-state index in [-0.39, 0.29) is 5.69 Å². The third-order valence-electron chi connectivity index (χ3n) is 4.11. The summed E-state index contributed by atoms with van der Waals surface area (Å²) in [6, 6.07) is 7.12. The minimum absolute atomic E-state index is 0.176. The molecule has 0 radical (unpaired) electrons. The Morgan fingerprint density at radius 2 is 2.09 bits per heavy atom. The van der Waals surface area contributed by atoms with Crippen LogP contribution in [0.25, 0.3) is 11.3 Å². The summed E-state index contributed by atoms with van der Waals surface area (Å²) >= 11 is 0. The standard InChI is InChI=1S/C16H18FN3O3/c17-10-5-2-1-4-9(10)12-8-13(20-19-12)16(23)18-11-6-3-7-14(21)15(11)22/h1-2,4-5,8,11,14-15,21-22H,3,6-7H2,(H,18,23)(H,19,20)/t11-,14-,15-/m1/s1. The van der Waals surface area contributed by atoms with Crippen molar-refractivity contribution in [3.63, 3.8) is 0 Å². The first-order valence-electron chi connectivity index (χ1n) is 7.53. The quantitative estimate of drug-likeness (QED) is 0.684. The molecule has 122 valence electrons. The molecule has 23 heavy (non-hydrogen) atoms. The zero-order chi connectivity index (χ0) is 16.4. The minimum atomic E-state index is -0.985. The Kier molecular flexibility index (Phi) is 4.40. The van der Waals surface area contributed by atoms with E-state index in [2.05, 4.69) is 15.5 Å². The molecule has 1 aromatic heterocycles. The number of aliphatic hydroxyl groups excluding tert-OH is 2. The molecule has 2 aromatic rings. The second-order valence-electron chi connectivity index (χ2n) is 5.72. The number of aliphatic hydroxyl groups is 2. The van der Waals surface area contributed by atoms with Crippen LogP contribution in [-0.2, 0) is 0 Å². The van der Waals surface area contributed by atoms with Gasteiger partial charge in [-0.2, -0.15) is 5.10 Å². The highest BCUT2D eigenvalue weighted by molar-refractivity contribution is 5.93. The van der Waals surface area contributed by atoms with Gasteiger partial charge < -0.3 is 15.5 Å². The number of H-pyrrole nitrogens is 1. The van der Waals surface area contributed by atoms with E-state index in [1.807, 2.05) is 0 Å². The zero-order valence-corrected chi connectivity index (χ0v) is 12.4. The first kappa shape index (κ1) is 15.6. The zero-order valence-electron chi connectivity index (χ0n) is 12.4. The van der Waals surface area contributed by atoms with Crippen molar-refractivity contribution in [3.8, 4) is 11.3 Å². The number of benzene rings is 1.